The van der Waals surface area contributed by atoms with Gasteiger partial charge in [0.1, 0.15) is 0 Å². The van der Waals surface area contributed by atoms with Crippen molar-refractivity contribution in [3.8, 4) is 55.6 Å². The molecule has 0 nitrogen and oxygen atoms in total. The van der Waals surface area contributed by atoms with Crippen LogP contribution < -0.4 is 0 Å². The summed E-state index contributed by atoms with van der Waals surface area (Å²) < 4.78 is 0. The summed E-state index contributed by atoms with van der Waals surface area (Å²) in [4.78, 5) is 0. The van der Waals surface area contributed by atoms with Gasteiger partial charge in [0.2, 0.25) is 0 Å². The second-order valence-corrected chi connectivity index (χ2v) is 17.4. The maximum absolute atomic E-state index is 2.53. The predicted molar refractivity (Wildman–Crippen MR) is 276 cm³/mol. The van der Waals surface area contributed by atoms with Gasteiger partial charge in [0, 0.05) is 0 Å². The maximum atomic E-state index is 2.53. The molecule has 0 unspecified atom stereocenters. The lowest BCUT2D eigenvalue weighted by molar-refractivity contribution is 1.59. The van der Waals surface area contributed by atoms with Crippen LogP contribution in [0.3, 0.4) is 0 Å². The van der Waals surface area contributed by atoms with Crippen molar-refractivity contribution in [1.29, 1.82) is 0 Å². The first kappa shape index (κ1) is 35.3. The molecule has 14 aromatic carbocycles. The van der Waals surface area contributed by atoms with Gasteiger partial charge >= 0.3 is 0 Å². The van der Waals surface area contributed by atoms with Gasteiger partial charge in [-0.05, 0) is 160 Å². The Hall–Kier alpha value is -8.32. The van der Waals surface area contributed by atoms with E-state index in [-0.39, 0.29) is 0 Å². The van der Waals surface area contributed by atoms with Crippen molar-refractivity contribution in [1.82, 2.24) is 0 Å². The number of hydrogen-bond acceptors (Lipinski definition) is 0. The molecule has 14 rings (SSSR count). The van der Waals surface area contributed by atoms with Crippen molar-refractivity contribution >= 4 is 86.2 Å². The molecule has 64 heavy (non-hydrogen) atoms. The minimum absolute atomic E-state index is 1.23. The molecule has 0 amide bonds. The highest BCUT2D eigenvalue weighted by atomic mass is 14.3. The third-order valence-corrected chi connectivity index (χ3v) is 14.1. The van der Waals surface area contributed by atoms with Gasteiger partial charge in [0.25, 0.3) is 0 Å². The lowest BCUT2D eigenvalue weighted by Gasteiger charge is -2.19. The standard InChI is InChI=1S/C64H38/c1-4-16-39(17-5-1)46-22-10-11-23-47(46)44-32-30-43-37-45(33-31-42(43)36-44)48-34-35-55-60-51(48)26-14-29-54(60)63-58(40-18-6-2-7-19-40)57-38-56-50-25-13-12-24-49(50)52-27-15-28-53(61(52)56)62(57)59(64(55)63)41-20-8-3-9-21-41/h1-38H. The second kappa shape index (κ2) is 13.6. The first-order chi connectivity index (χ1) is 31.8. The van der Waals surface area contributed by atoms with E-state index in [1.165, 1.54) is 142 Å². The molecule has 14 aromatic rings. The van der Waals surface area contributed by atoms with E-state index in [1.807, 2.05) is 0 Å². The third-order valence-electron chi connectivity index (χ3n) is 14.1. The molecule has 0 heterocycles. The molecule has 0 aliphatic heterocycles. The van der Waals surface area contributed by atoms with Crippen LogP contribution >= 0.6 is 0 Å². The van der Waals surface area contributed by atoms with Gasteiger partial charge < -0.3 is 0 Å². The average Bonchev–Trinajstić information content (AvgIpc) is 3.87. The Labute approximate surface area is 370 Å². The van der Waals surface area contributed by atoms with Crippen LogP contribution in [0.2, 0.25) is 0 Å². The molecule has 0 bridgehead atoms. The number of fused-ring (bicyclic) bond motifs is 9. The van der Waals surface area contributed by atoms with E-state index >= 15 is 0 Å². The molecule has 0 heteroatoms. The fourth-order valence-corrected chi connectivity index (χ4v) is 11.4. The summed E-state index contributed by atoms with van der Waals surface area (Å²) in [5.41, 5.74) is 12.5. The topological polar surface area (TPSA) is 0 Å². The van der Waals surface area contributed by atoms with Crippen molar-refractivity contribution < 1.29 is 0 Å². The van der Waals surface area contributed by atoms with Crippen LogP contribution in [0.4, 0.5) is 0 Å². The van der Waals surface area contributed by atoms with Crippen LogP contribution in [0.1, 0.15) is 0 Å². The summed E-state index contributed by atoms with van der Waals surface area (Å²) in [5, 5.41) is 20.9. The zero-order valence-corrected chi connectivity index (χ0v) is 34.9. The van der Waals surface area contributed by atoms with E-state index in [2.05, 4.69) is 231 Å². The largest absolute Gasteiger partial charge is 0.0622 e. The third kappa shape index (κ3) is 5.00. The van der Waals surface area contributed by atoms with E-state index in [9.17, 15) is 0 Å². The molecule has 0 aromatic heterocycles. The molecular formula is C64H38. The zero-order valence-electron chi connectivity index (χ0n) is 34.9. The van der Waals surface area contributed by atoms with Gasteiger partial charge in [-0.15, -0.1) is 0 Å². The minimum atomic E-state index is 1.23. The van der Waals surface area contributed by atoms with Gasteiger partial charge in [-0.1, -0.05) is 212 Å². The van der Waals surface area contributed by atoms with Gasteiger partial charge in [0.05, 0.1) is 0 Å². The quantitative estimate of drug-likeness (QED) is 0.152. The van der Waals surface area contributed by atoms with Crippen molar-refractivity contribution in [2.45, 2.75) is 0 Å². The smallest absolute Gasteiger partial charge is 0.000719 e. The summed E-state index contributed by atoms with van der Waals surface area (Å²) in [7, 11) is 0. The molecule has 0 N–H and O–H groups in total. The normalized spacial score (nSPS) is 12.1. The number of hydrogen-bond donors (Lipinski definition) is 0. The molecular weight excluding hydrogens is 769 g/mol. The average molecular weight is 807 g/mol. The van der Waals surface area contributed by atoms with E-state index in [4.69, 9.17) is 0 Å². The highest BCUT2D eigenvalue weighted by molar-refractivity contribution is 6.45. The Morgan fingerprint density at radius 2 is 0.625 bits per heavy atom. The Morgan fingerprint density at radius 1 is 0.172 bits per heavy atom. The monoisotopic (exact) mass is 806 g/mol. The summed E-state index contributed by atoms with van der Waals surface area (Å²) >= 11 is 0. The highest BCUT2D eigenvalue weighted by Crippen LogP contribution is 2.55. The van der Waals surface area contributed by atoms with E-state index in [0.717, 1.165) is 0 Å². The van der Waals surface area contributed by atoms with Crippen molar-refractivity contribution in [2.24, 2.45) is 0 Å². The van der Waals surface area contributed by atoms with Gasteiger partial charge in [-0.2, -0.15) is 0 Å². The number of benzene rings is 12. The minimum Gasteiger partial charge on any atom is -0.0622 e. The van der Waals surface area contributed by atoms with E-state index < -0.39 is 0 Å². The fraction of sp³-hybridized carbons (Fsp3) is 0. The van der Waals surface area contributed by atoms with Crippen LogP contribution in [-0.4, -0.2) is 0 Å². The van der Waals surface area contributed by atoms with Crippen LogP contribution in [0.25, 0.3) is 142 Å². The molecule has 0 atom stereocenters. The molecule has 0 spiro atoms. The lowest BCUT2D eigenvalue weighted by atomic mass is 9.84. The predicted octanol–water partition coefficient (Wildman–Crippen LogP) is 18.1. The van der Waals surface area contributed by atoms with Crippen LogP contribution in [0.5, 0.6) is 0 Å². The summed E-state index contributed by atoms with van der Waals surface area (Å²) in [5.74, 6) is 0. The number of rotatable bonds is 5. The van der Waals surface area contributed by atoms with E-state index in [0.29, 0.717) is 0 Å². The van der Waals surface area contributed by atoms with Gasteiger partial charge in [0.15, 0.2) is 0 Å². The first-order valence-electron chi connectivity index (χ1n) is 22.3. The Kier molecular flexibility index (Phi) is 7.49. The summed E-state index contributed by atoms with van der Waals surface area (Å²) in [6.45, 7) is 0. The van der Waals surface area contributed by atoms with Crippen molar-refractivity contribution in [2.75, 3.05) is 0 Å². The Bertz CT molecular complexity index is 4140. The van der Waals surface area contributed by atoms with Crippen LogP contribution in [0.15, 0.2) is 231 Å². The molecule has 294 valence electrons. The van der Waals surface area contributed by atoms with Crippen LogP contribution in [0, 0.1) is 0 Å². The SMILES string of the molecule is c1ccc(-c2ccccc2-c2ccc3cc(-c4ccc5c6c(-c7ccccc7)c7c(cc8c9ccccc9c9cccc7c98)c(-c7ccccc7)c6c6cccc4c65)ccc3c2)cc1. The molecule has 0 fully saturated rings. The molecule has 0 radical (unpaired) electrons. The fourth-order valence-electron chi connectivity index (χ4n) is 11.4. The van der Waals surface area contributed by atoms with Gasteiger partial charge in [-0.3, -0.25) is 0 Å². The highest BCUT2D eigenvalue weighted by Gasteiger charge is 2.27. The van der Waals surface area contributed by atoms with E-state index in [1.54, 1.807) is 0 Å². The molecule has 0 saturated carbocycles. The van der Waals surface area contributed by atoms with Crippen molar-refractivity contribution in [3.63, 3.8) is 0 Å². The summed E-state index contributed by atoms with van der Waals surface area (Å²) in [6, 6.07) is 85.9. The lowest BCUT2D eigenvalue weighted by Crippen LogP contribution is -1.91. The second-order valence-electron chi connectivity index (χ2n) is 17.4. The van der Waals surface area contributed by atoms with Crippen molar-refractivity contribution in [3.05, 3.63) is 231 Å². The molecule has 0 aliphatic rings. The zero-order chi connectivity index (χ0) is 41.9. The Balaban J connectivity index is 1.06. The maximum Gasteiger partial charge on any atom is -0.000719 e. The first-order valence-corrected chi connectivity index (χ1v) is 22.3. The van der Waals surface area contributed by atoms with Crippen LogP contribution in [-0.2, 0) is 0 Å². The van der Waals surface area contributed by atoms with Gasteiger partial charge in [-0.25, -0.2) is 0 Å². The molecule has 0 saturated heterocycles. The summed E-state index contributed by atoms with van der Waals surface area (Å²) in [6.07, 6.45) is 0. The Morgan fingerprint density at radius 3 is 1.30 bits per heavy atom. The molecule has 0 aliphatic carbocycles.